The lowest BCUT2D eigenvalue weighted by Crippen LogP contribution is -2.20. The number of nitrogens with one attached hydrogen (secondary N) is 1. The predicted octanol–water partition coefficient (Wildman–Crippen LogP) is 2.89. The molecule has 0 aliphatic carbocycles. The van der Waals surface area contributed by atoms with Crippen molar-refractivity contribution in [3.05, 3.63) is 40.4 Å². The highest BCUT2D eigenvalue weighted by molar-refractivity contribution is 6.31. The van der Waals surface area contributed by atoms with Crippen molar-refractivity contribution in [2.45, 2.75) is 13.3 Å². The highest BCUT2D eigenvalue weighted by Gasteiger charge is 2.12. The van der Waals surface area contributed by atoms with E-state index in [1.54, 1.807) is 13.0 Å². The molecule has 0 aromatic heterocycles. The van der Waals surface area contributed by atoms with Gasteiger partial charge in [-0.25, -0.2) is 4.79 Å². The molecule has 0 bridgehead atoms. The zero-order valence-electron chi connectivity index (χ0n) is 10.3. The maximum atomic E-state index is 11.7. The molecule has 1 aliphatic rings. The number of benzene rings is 1. The average molecular weight is 266 g/mol. The van der Waals surface area contributed by atoms with Gasteiger partial charge in [-0.05, 0) is 49.2 Å². The maximum Gasteiger partial charge on any atom is 0.338 e. The number of carbonyl (C=O) groups excluding carboxylic acids is 1. The molecule has 2 rings (SSSR count). The second-order valence-electron chi connectivity index (χ2n) is 4.13. The zero-order chi connectivity index (χ0) is 13.0. The van der Waals surface area contributed by atoms with Gasteiger partial charge in [-0.1, -0.05) is 17.7 Å². The minimum Gasteiger partial charge on any atom is -0.462 e. The Bertz CT molecular complexity index is 483. The van der Waals surface area contributed by atoms with Gasteiger partial charge in [0, 0.05) is 11.6 Å². The van der Waals surface area contributed by atoms with E-state index in [9.17, 15) is 4.79 Å². The van der Waals surface area contributed by atoms with Crippen molar-refractivity contribution in [2.24, 2.45) is 0 Å². The Kier molecular flexibility index (Phi) is 4.39. The van der Waals surface area contributed by atoms with E-state index >= 15 is 0 Å². The van der Waals surface area contributed by atoms with Gasteiger partial charge in [0.1, 0.15) is 0 Å². The summed E-state index contributed by atoms with van der Waals surface area (Å²) in [4.78, 5) is 11.7. The number of esters is 1. The van der Waals surface area contributed by atoms with Gasteiger partial charge in [-0.15, -0.1) is 0 Å². The lowest BCUT2D eigenvalue weighted by Gasteiger charge is -2.15. The van der Waals surface area contributed by atoms with Gasteiger partial charge in [-0.2, -0.15) is 0 Å². The summed E-state index contributed by atoms with van der Waals surface area (Å²) >= 11 is 6.06. The van der Waals surface area contributed by atoms with Gasteiger partial charge in [-0.3, -0.25) is 0 Å². The molecule has 0 atom stereocenters. The van der Waals surface area contributed by atoms with Gasteiger partial charge in [0.15, 0.2) is 0 Å². The molecule has 0 fully saturated rings. The molecule has 0 amide bonds. The molecule has 0 spiro atoms. The smallest absolute Gasteiger partial charge is 0.338 e. The molecule has 0 unspecified atom stereocenters. The molecule has 3 nitrogen and oxygen atoms in total. The van der Waals surface area contributed by atoms with E-state index in [4.69, 9.17) is 16.3 Å². The van der Waals surface area contributed by atoms with Gasteiger partial charge >= 0.3 is 5.97 Å². The topological polar surface area (TPSA) is 38.3 Å². The molecule has 1 aromatic carbocycles. The second-order valence-corrected chi connectivity index (χ2v) is 4.57. The molecule has 0 saturated heterocycles. The van der Waals surface area contributed by atoms with E-state index < -0.39 is 0 Å². The normalized spacial score (nSPS) is 15.1. The summed E-state index contributed by atoms with van der Waals surface area (Å²) in [7, 11) is 0. The Hall–Kier alpha value is -1.32. The number of halogens is 1. The van der Waals surface area contributed by atoms with Crippen LogP contribution >= 0.6 is 11.6 Å². The van der Waals surface area contributed by atoms with Crippen LogP contribution in [0.5, 0.6) is 0 Å². The Morgan fingerprint density at radius 1 is 1.44 bits per heavy atom. The largest absolute Gasteiger partial charge is 0.462 e. The van der Waals surface area contributed by atoms with Crippen LogP contribution in [-0.4, -0.2) is 25.7 Å². The molecular weight excluding hydrogens is 250 g/mol. The Labute approximate surface area is 112 Å². The molecular formula is C14H16ClNO2. The van der Waals surface area contributed by atoms with Crippen LogP contribution in [0.25, 0.3) is 5.57 Å². The first-order chi connectivity index (χ1) is 8.70. The number of hydrogen-bond donors (Lipinski definition) is 1. The van der Waals surface area contributed by atoms with Crippen molar-refractivity contribution in [2.75, 3.05) is 19.7 Å². The zero-order valence-corrected chi connectivity index (χ0v) is 11.1. The second kappa shape index (κ2) is 6.03. The predicted molar refractivity (Wildman–Crippen MR) is 72.9 cm³/mol. The molecule has 18 heavy (non-hydrogen) atoms. The van der Waals surface area contributed by atoms with Crippen LogP contribution in [0.2, 0.25) is 5.02 Å². The van der Waals surface area contributed by atoms with Crippen molar-refractivity contribution in [3.63, 3.8) is 0 Å². The van der Waals surface area contributed by atoms with E-state index in [-0.39, 0.29) is 5.97 Å². The lowest BCUT2D eigenvalue weighted by atomic mass is 9.98. The fourth-order valence-corrected chi connectivity index (χ4v) is 2.23. The van der Waals surface area contributed by atoms with Gasteiger partial charge in [0.05, 0.1) is 12.2 Å². The monoisotopic (exact) mass is 265 g/mol. The van der Waals surface area contributed by atoms with E-state index in [1.165, 1.54) is 5.57 Å². The lowest BCUT2D eigenvalue weighted by molar-refractivity contribution is 0.0526. The first kappa shape index (κ1) is 13.1. The molecule has 96 valence electrons. The minimum atomic E-state index is -0.323. The summed E-state index contributed by atoms with van der Waals surface area (Å²) < 4.78 is 5.00. The van der Waals surface area contributed by atoms with Crippen molar-refractivity contribution >= 4 is 23.1 Å². The van der Waals surface area contributed by atoms with Crippen LogP contribution in [0, 0.1) is 0 Å². The summed E-state index contributed by atoms with van der Waals surface area (Å²) in [6.07, 6.45) is 3.08. The molecule has 1 heterocycles. The highest BCUT2D eigenvalue weighted by Crippen LogP contribution is 2.25. The molecule has 1 aromatic rings. The van der Waals surface area contributed by atoms with Gasteiger partial charge < -0.3 is 10.1 Å². The third-order valence-electron chi connectivity index (χ3n) is 2.84. The van der Waals surface area contributed by atoms with Crippen molar-refractivity contribution < 1.29 is 9.53 Å². The fourth-order valence-electron chi connectivity index (χ4n) is 1.99. The third kappa shape index (κ3) is 3.12. The highest BCUT2D eigenvalue weighted by atomic mass is 35.5. The van der Waals surface area contributed by atoms with E-state index in [0.717, 1.165) is 25.1 Å². The van der Waals surface area contributed by atoms with Crippen LogP contribution < -0.4 is 5.32 Å². The van der Waals surface area contributed by atoms with Crippen molar-refractivity contribution in [1.29, 1.82) is 0 Å². The standard InChI is InChI=1S/C14H16ClNO2/c1-2-18-14(17)12-7-11(8-13(15)9-12)10-3-5-16-6-4-10/h3,7-9,16H,2,4-6H2,1H3. The molecule has 1 N–H and O–H groups in total. The van der Waals surface area contributed by atoms with Crippen LogP contribution in [0.1, 0.15) is 29.3 Å². The number of ether oxygens (including phenoxy) is 1. The quantitative estimate of drug-likeness (QED) is 0.854. The van der Waals surface area contributed by atoms with Crippen LogP contribution in [0.3, 0.4) is 0 Å². The summed E-state index contributed by atoms with van der Waals surface area (Å²) in [6.45, 7) is 3.97. The van der Waals surface area contributed by atoms with Crippen molar-refractivity contribution in [3.8, 4) is 0 Å². The molecule has 1 aliphatic heterocycles. The number of rotatable bonds is 3. The maximum absolute atomic E-state index is 11.7. The van der Waals surface area contributed by atoms with Crippen LogP contribution in [0.4, 0.5) is 0 Å². The minimum absolute atomic E-state index is 0.323. The van der Waals surface area contributed by atoms with E-state index in [2.05, 4.69) is 11.4 Å². The Morgan fingerprint density at radius 3 is 2.94 bits per heavy atom. The van der Waals surface area contributed by atoms with Crippen molar-refractivity contribution in [1.82, 2.24) is 5.32 Å². The van der Waals surface area contributed by atoms with Gasteiger partial charge in [0.25, 0.3) is 0 Å². The van der Waals surface area contributed by atoms with E-state index in [1.807, 2.05) is 12.1 Å². The van der Waals surface area contributed by atoms with Gasteiger partial charge in [0.2, 0.25) is 0 Å². The SMILES string of the molecule is CCOC(=O)c1cc(Cl)cc(C2=CCNCC2)c1. The summed E-state index contributed by atoms with van der Waals surface area (Å²) in [5.41, 5.74) is 2.74. The fraction of sp³-hybridized carbons (Fsp3) is 0.357. The Balaban J connectivity index is 2.31. The molecule has 0 radical (unpaired) electrons. The molecule has 0 saturated carbocycles. The first-order valence-electron chi connectivity index (χ1n) is 6.08. The van der Waals surface area contributed by atoms with E-state index in [0.29, 0.717) is 17.2 Å². The molecule has 4 heteroatoms. The Morgan fingerprint density at radius 2 is 2.28 bits per heavy atom. The number of hydrogen-bond acceptors (Lipinski definition) is 3. The summed E-state index contributed by atoms with van der Waals surface area (Å²) in [5, 5.41) is 3.82. The summed E-state index contributed by atoms with van der Waals surface area (Å²) in [5.74, 6) is -0.323. The summed E-state index contributed by atoms with van der Waals surface area (Å²) in [6, 6.07) is 5.38. The van der Waals surface area contributed by atoms with Crippen LogP contribution in [0.15, 0.2) is 24.3 Å². The van der Waals surface area contributed by atoms with Crippen LogP contribution in [-0.2, 0) is 4.74 Å². The number of carbonyl (C=O) groups is 1. The first-order valence-corrected chi connectivity index (χ1v) is 6.46. The average Bonchev–Trinajstić information content (AvgIpc) is 2.39. The third-order valence-corrected chi connectivity index (χ3v) is 3.06.